The van der Waals surface area contributed by atoms with Gasteiger partial charge in [-0.2, -0.15) is 0 Å². The van der Waals surface area contributed by atoms with E-state index in [1.807, 2.05) is 0 Å². The smallest absolute Gasteiger partial charge is 0.261 e. The van der Waals surface area contributed by atoms with E-state index in [4.69, 9.17) is 11.6 Å². The lowest BCUT2D eigenvalue weighted by atomic mass is 10.4. The van der Waals surface area contributed by atoms with Crippen LogP contribution in [0.15, 0.2) is 17.6 Å². The van der Waals surface area contributed by atoms with Crippen molar-refractivity contribution in [1.29, 1.82) is 0 Å². The molecule has 1 amide bonds. The molecule has 0 unspecified atom stereocenters. The number of carbonyl (C=O) groups is 1. The molecule has 0 aliphatic carbocycles. The van der Waals surface area contributed by atoms with Crippen molar-refractivity contribution < 1.29 is 4.79 Å². The molecule has 1 aromatic rings. The number of aromatic nitrogens is 2. The lowest BCUT2D eigenvalue weighted by Crippen LogP contribution is -1.99. The highest BCUT2D eigenvalue weighted by Crippen LogP contribution is 2.08. The second kappa shape index (κ2) is 3.16. The molecular weight excluding hydrogens is 170 g/mol. The monoisotopic (exact) mass is 171 g/mol. The van der Waals surface area contributed by atoms with E-state index in [2.05, 4.69) is 15.1 Å². The Hall–Kier alpha value is -1.36. The lowest BCUT2D eigenvalue weighted by molar-refractivity contribution is 0.0996. The quantitative estimate of drug-likeness (QED) is 0.592. The van der Waals surface area contributed by atoms with Crippen molar-refractivity contribution >= 4 is 17.5 Å². The average molecular weight is 172 g/mol. The van der Waals surface area contributed by atoms with E-state index in [0.717, 1.165) is 0 Å². The minimum absolute atomic E-state index is 0.114. The maximum atomic E-state index is 10.6. The van der Waals surface area contributed by atoms with Crippen molar-refractivity contribution in [3.63, 3.8) is 0 Å². The van der Waals surface area contributed by atoms with Crippen LogP contribution in [-0.4, -0.2) is 15.9 Å². The molecule has 0 aliphatic heterocycles. The normalized spacial score (nSPS) is 9.18. The summed E-state index contributed by atoms with van der Waals surface area (Å²) >= 11 is 5.40. The van der Waals surface area contributed by atoms with E-state index in [1.165, 1.54) is 12.4 Å². The summed E-state index contributed by atoms with van der Waals surface area (Å²) in [7, 11) is 0. The zero-order valence-corrected chi connectivity index (χ0v) is 5.95. The number of nitrogens with zero attached hydrogens (tertiary/aromatic N) is 3. The third-order valence-electron chi connectivity index (χ3n) is 0.939. The highest BCUT2D eigenvalue weighted by atomic mass is 35.5. The Labute approximate surface area is 66.4 Å². The van der Waals surface area contributed by atoms with Crippen molar-refractivity contribution in [3.8, 4) is 0 Å². The molecule has 1 rings (SSSR count). The highest BCUT2D eigenvalue weighted by Gasteiger charge is 2.11. The van der Waals surface area contributed by atoms with Crippen LogP contribution in [-0.2, 0) is 0 Å². The number of nitroso groups, excluding NO2 is 1. The minimum Gasteiger partial charge on any atom is -0.261 e. The van der Waals surface area contributed by atoms with Gasteiger partial charge < -0.3 is 0 Å². The molecule has 0 atom stereocenters. The summed E-state index contributed by atoms with van der Waals surface area (Å²) < 4.78 is 0. The van der Waals surface area contributed by atoms with Gasteiger partial charge in [0.15, 0.2) is 10.8 Å². The molecular formula is C5H2ClN3O2. The number of rotatable bonds is 1. The fourth-order valence-corrected chi connectivity index (χ4v) is 0.694. The highest BCUT2D eigenvalue weighted by molar-refractivity contribution is 6.32. The van der Waals surface area contributed by atoms with Gasteiger partial charge in [0.2, 0.25) is 0 Å². The van der Waals surface area contributed by atoms with Crippen molar-refractivity contribution in [2.24, 2.45) is 5.18 Å². The van der Waals surface area contributed by atoms with E-state index in [-0.39, 0.29) is 10.8 Å². The number of hydrogen-bond donors (Lipinski definition) is 0. The first kappa shape index (κ1) is 7.74. The number of carbonyl (C=O) groups excluding carboxylic acids is 1. The van der Waals surface area contributed by atoms with Crippen LogP contribution >= 0.6 is 11.6 Å². The Kier molecular flexibility index (Phi) is 2.22. The van der Waals surface area contributed by atoms with Crippen molar-refractivity contribution in [1.82, 2.24) is 9.97 Å². The summed E-state index contributed by atoms with van der Waals surface area (Å²) in [6.07, 6.45) is 2.56. The van der Waals surface area contributed by atoms with Crippen LogP contribution in [0, 0.1) is 4.91 Å². The van der Waals surface area contributed by atoms with Gasteiger partial charge in [-0.1, -0.05) is 11.6 Å². The van der Waals surface area contributed by atoms with Crippen LogP contribution in [0.4, 0.5) is 0 Å². The number of amides is 1. The Morgan fingerprint density at radius 1 is 1.45 bits per heavy atom. The Morgan fingerprint density at radius 3 is 2.64 bits per heavy atom. The van der Waals surface area contributed by atoms with Crippen LogP contribution in [0.5, 0.6) is 0 Å². The molecule has 0 saturated carbocycles. The molecule has 0 saturated heterocycles. The Balaban J connectivity index is 3.13. The lowest BCUT2D eigenvalue weighted by Gasteiger charge is -1.91. The van der Waals surface area contributed by atoms with Crippen molar-refractivity contribution in [2.45, 2.75) is 0 Å². The van der Waals surface area contributed by atoms with Gasteiger partial charge in [0.05, 0.1) is 0 Å². The number of halogens is 1. The van der Waals surface area contributed by atoms with Crippen LogP contribution in [0.2, 0.25) is 5.15 Å². The van der Waals surface area contributed by atoms with Gasteiger partial charge in [0.25, 0.3) is 0 Å². The molecule has 1 heterocycles. The molecule has 0 aliphatic rings. The molecule has 5 nitrogen and oxygen atoms in total. The van der Waals surface area contributed by atoms with Crippen LogP contribution in [0.1, 0.15) is 10.5 Å². The molecule has 0 radical (unpaired) electrons. The minimum atomic E-state index is -1.01. The SMILES string of the molecule is O=NC(=O)c1nccnc1Cl. The van der Waals surface area contributed by atoms with E-state index < -0.39 is 5.91 Å². The third kappa shape index (κ3) is 1.56. The maximum absolute atomic E-state index is 10.6. The molecule has 0 fully saturated rings. The molecule has 6 heteroatoms. The fourth-order valence-electron chi connectivity index (χ4n) is 0.508. The molecule has 0 spiro atoms. The summed E-state index contributed by atoms with van der Waals surface area (Å²) in [5, 5.41) is 2.03. The summed E-state index contributed by atoms with van der Waals surface area (Å²) in [6.45, 7) is 0. The fraction of sp³-hybridized carbons (Fsp3) is 0. The predicted octanol–water partition coefficient (Wildman–Crippen LogP) is 1.04. The molecule has 11 heavy (non-hydrogen) atoms. The van der Waals surface area contributed by atoms with Gasteiger partial charge in [0.1, 0.15) is 0 Å². The van der Waals surface area contributed by atoms with Gasteiger partial charge >= 0.3 is 5.91 Å². The van der Waals surface area contributed by atoms with Crippen molar-refractivity contribution in [3.05, 3.63) is 28.1 Å². The Morgan fingerprint density at radius 2 is 2.09 bits per heavy atom. The third-order valence-corrected chi connectivity index (χ3v) is 1.22. The standard InChI is InChI=1S/C5H2ClN3O2/c6-4-3(5(10)9-11)7-1-2-8-4/h1-2H. The van der Waals surface area contributed by atoms with Gasteiger partial charge in [-0.3, -0.25) is 4.79 Å². The van der Waals surface area contributed by atoms with Crippen LogP contribution in [0.25, 0.3) is 0 Å². The Bertz CT molecular complexity index is 302. The number of hydrogen-bond acceptors (Lipinski definition) is 4. The van der Waals surface area contributed by atoms with Gasteiger partial charge in [-0.05, 0) is 0 Å². The zero-order valence-electron chi connectivity index (χ0n) is 5.19. The summed E-state index contributed by atoms with van der Waals surface area (Å²) in [5.41, 5.74) is -0.218. The maximum Gasteiger partial charge on any atom is 0.338 e. The second-order valence-corrected chi connectivity index (χ2v) is 1.95. The summed E-state index contributed by atoms with van der Waals surface area (Å²) in [5.74, 6) is -1.01. The second-order valence-electron chi connectivity index (χ2n) is 1.59. The topological polar surface area (TPSA) is 72.3 Å². The van der Waals surface area contributed by atoms with E-state index in [1.54, 1.807) is 0 Å². The first-order chi connectivity index (χ1) is 5.25. The predicted molar refractivity (Wildman–Crippen MR) is 37.2 cm³/mol. The molecule has 0 N–H and O–H groups in total. The molecule has 0 bridgehead atoms. The van der Waals surface area contributed by atoms with Crippen molar-refractivity contribution in [2.75, 3.05) is 0 Å². The van der Waals surface area contributed by atoms with E-state index in [0.29, 0.717) is 0 Å². The average Bonchev–Trinajstić information content (AvgIpc) is 2.04. The van der Waals surface area contributed by atoms with E-state index >= 15 is 0 Å². The molecule has 56 valence electrons. The van der Waals surface area contributed by atoms with E-state index in [9.17, 15) is 9.70 Å². The zero-order chi connectivity index (χ0) is 8.27. The van der Waals surface area contributed by atoms with Crippen LogP contribution in [0.3, 0.4) is 0 Å². The summed E-state index contributed by atoms with van der Waals surface area (Å²) in [6, 6.07) is 0. The molecule has 0 aromatic carbocycles. The van der Waals surface area contributed by atoms with Gasteiger partial charge in [-0.25, -0.2) is 9.97 Å². The van der Waals surface area contributed by atoms with Gasteiger partial charge in [0, 0.05) is 17.6 Å². The summed E-state index contributed by atoms with van der Waals surface area (Å²) in [4.78, 5) is 27.3. The first-order valence-electron chi connectivity index (χ1n) is 2.60. The van der Waals surface area contributed by atoms with Gasteiger partial charge in [-0.15, -0.1) is 4.91 Å². The van der Waals surface area contributed by atoms with Crippen LogP contribution < -0.4 is 0 Å². The molecule has 1 aromatic heterocycles. The largest absolute Gasteiger partial charge is 0.338 e. The first-order valence-corrected chi connectivity index (χ1v) is 2.97.